The van der Waals surface area contributed by atoms with Crippen molar-refractivity contribution in [3.05, 3.63) is 18.2 Å². The van der Waals surface area contributed by atoms with Gasteiger partial charge in [-0.05, 0) is 30.6 Å². The number of hydrogen-bond acceptors (Lipinski definition) is 3. The zero-order valence-corrected chi connectivity index (χ0v) is 13.1. The van der Waals surface area contributed by atoms with Crippen LogP contribution in [0.5, 0.6) is 0 Å². The smallest absolute Gasteiger partial charge is 0.122 e. The van der Waals surface area contributed by atoms with Crippen LogP contribution < -0.4 is 5.73 Å². The van der Waals surface area contributed by atoms with Gasteiger partial charge in [0.15, 0.2) is 0 Å². The molecule has 0 aromatic carbocycles. The van der Waals surface area contributed by atoms with E-state index in [0.29, 0.717) is 11.3 Å². The minimum atomic E-state index is 0.173. The van der Waals surface area contributed by atoms with Crippen molar-refractivity contribution in [3.8, 4) is 0 Å². The monoisotopic (exact) mass is 276 g/mol. The van der Waals surface area contributed by atoms with Gasteiger partial charge < -0.3 is 10.3 Å². The molecule has 1 aromatic rings. The molecular formula is C16H28N4. The summed E-state index contributed by atoms with van der Waals surface area (Å²) in [7, 11) is 0. The van der Waals surface area contributed by atoms with Crippen molar-refractivity contribution in [1.82, 2.24) is 14.5 Å². The maximum absolute atomic E-state index is 6.27. The Morgan fingerprint density at radius 2 is 2.15 bits per heavy atom. The summed E-state index contributed by atoms with van der Waals surface area (Å²) in [5, 5.41) is 0. The highest BCUT2D eigenvalue weighted by Gasteiger charge is 2.47. The van der Waals surface area contributed by atoms with Gasteiger partial charge in [-0.3, -0.25) is 4.90 Å². The number of nitrogens with zero attached hydrogens (tertiary/aromatic N) is 3. The number of aromatic nitrogens is 2. The average Bonchev–Trinajstić information content (AvgIpc) is 2.86. The third kappa shape index (κ3) is 2.19. The van der Waals surface area contributed by atoms with Crippen molar-refractivity contribution in [2.75, 3.05) is 13.1 Å². The molecule has 112 valence electrons. The van der Waals surface area contributed by atoms with Crippen LogP contribution in [0, 0.1) is 11.3 Å². The van der Waals surface area contributed by atoms with E-state index in [2.05, 4.69) is 41.4 Å². The molecule has 1 aliphatic carbocycles. The van der Waals surface area contributed by atoms with Crippen molar-refractivity contribution in [2.45, 2.75) is 58.7 Å². The highest BCUT2D eigenvalue weighted by molar-refractivity contribution is 5.06. The molecule has 2 aliphatic rings. The lowest BCUT2D eigenvalue weighted by molar-refractivity contribution is -0.0373. The van der Waals surface area contributed by atoms with Crippen LogP contribution in [0.4, 0.5) is 0 Å². The van der Waals surface area contributed by atoms with Crippen molar-refractivity contribution in [1.29, 1.82) is 0 Å². The fourth-order valence-electron chi connectivity index (χ4n) is 4.38. The van der Waals surface area contributed by atoms with Gasteiger partial charge >= 0.3 is 0 Å². The first-order valence-corrected chi connectivity index (χ1v) is 7.92. The third-order valence-electron chi connectivity index (χ3n) is 5.74. The Morgan fingerprint density at radius 1 is 1.35 bits per heavy atom. The molecule has 0 bridgehead atoms. The van der Waals surface area contributed by atoms with E-state index < -0.39 is 0 Å². The van der Waals surface area contributed by atoms with Crippen molar-refractivity contribution in [2.24, 2.45) is 17.1 Å². The van der Waals surface area contributed by atoms with E-state index in [1.54, 1.807) is 0 Å². The van der Waals surface area contributed by atoms with Crippen LogP contribution >= 0.6 is 0 Å². The number of hydrogen-bond donors (Lipinski definition) is 1. The summed E-state index contributed by atoms with van der Waals surface area (Å²) in [6.07, 6.45) is 7.78. The van der Waals surface area contributed by atoms with Gasteiger partial charge in [0.1, 0.15) is 5.82 Å². The van der Waals surface area contributed by atoms with Gasteiger partial charge in [0, 0.05) is 37.6 Å². The van der Waals surface area contributed by atoms with Crippen molar-refractivity contribution < 1.29 is 0 Å². The summed E-state index contributed by atoms with van der Waals surface area (Å²) >= 11 is 0. The molecule has 2 heterocycles. The van der Waals surface area contributed by atoms with E-state index in [4.69, 9.17) is 5.73 Å². The first kappa shape index (κ1) is 14.1. The predicted octanol–water partition coefficient (Wildman–Crippen LogP) is 2.24. The standard InChI is InChI=1S/C16H28N4/c1-13-10-15(2,3)4-5-16(13,12-17)20-9-8-19-7-6-18-14(19)11-20/h6-7,13H,4-5,8-12,17H2,1-3H3. The SMILES string of the molecule is CC1CC(C)(C)CCC1(CN)N1CCn2ccnc2C1. The zero-order valence-electron chi connectivity index (χ0n) is 13.1. The summed E-state index contributed by atoms with van der Waals surface area (Å²) < 4.78 is 2.28. The molecule has 1 aliphatic heterocycles. The van der Waals surface area contributed by atoms with Crippen molar-refractivity contribution >= 4 is 0 Å². The lowest BCUT2D eigenvalue weighted by atomic mass is 9.63. The molecule has 1 aromatic heterocycles. The first-order valence-electron chi connectivity index (χ1n) is 7.92. The van der Waals surface area contributed by atoms with Gasteiger partial charge in [-0.25, -0.2) is 4.98 Å². The number of rotatable bonds is 2. The summed E-state index contributed by atoms with van der Waals surface area (Å²) in [4.78, 5) is 7.12. The summed E-state index contributed by atoms with van der Waals surface area (Å²) in [5.41, 5.74) is 6.91. The molecule has 2 atom stereocenters. The van der Waals surface area contributed by atoms with Crippen LogP contribution in [0.1, 0.15) is 45.9 Å². The minimum absolute atomic E-state index is 0.173. The Kier molecular flexibility index (Phi) is 3.41. The van der Waals surface area contributed by atoms with Crippen LogP contribution in [-0.2, 0) is 13.1 Å². The van der Waals surface area contributed by atoms with Gasteiger partial charge in [-0.15, -0.1) is 0 Å². The maximum Gasteiger partial charge on any atom is 0.122 e. The summed E-state index contributed by atoms with van der Waals surface area (Å²) in [6.45, 7) is 11.1. The molecule has 0 amide bonds. The average molecular weight is 276 g/mol. The Hall–Kier alpha value is -0.870. The Labute approximate surface area is 122 Å². The van der Waals surface area contributed by atoms with Crippen molar-refractivity contribution in [3.63, 3.8) is 0 Å². The van der Waals surface area contributed by atoms with E-state index in [1.807, 2.05) is 6.20 Å². The van der Waals surface area contributed by atoms with Crippen LogP contribution in [0.2, 0.25) is 0 Å². The minimum Gasteiger partial charge on any atom is -0.333 e. The van der Waals surface area contributed by atoms with Gasteiger partial charge in [0.25, 0.3) is 0 Å². The van der Waals surface area contributed by atoms with E-state index in [-0.39, 0.29) is 5.54 Å². The molecule has 1 fully saturated rings. The van der Waals surface area contributed by atoms with Crippen LogP contribution in [-0.4, -0.2) is 33.1 Å². The molecule has 20 heavy (non-hydrogen) atoms. The van der Waals surface area contributed by atoms with Crippen LogP contribution in [0.25, 0.3) is 0 Å². The largest absolute Gasteiger partial charge is 0.333 e. The molecule has 0 spiro atoms. The Balaban J connectivity index is 1.84. The van der Waals surface area contributed by atoms with Gasteiger partial charge in [-0.1, -0.05) is 20.8 Å². The second-order valence-corrected chi connectivity index (χ2v) is 7.54. The quantitative estimate of drug-likeness (QED) is 0.901. The maximum atomic E-state index is 6.27. The molecule has 4 nitrogen and oxygen atoms in total. The topological polar surface area (TPSA) is 47.1 Å². The van der Waals surface area contributed by atoms with Gasteiger partial charge in [0.05, 0.1) is 6.54 Å². The van der Waals surface area contributed by atoms with Gasteiger partial charge in [0.2, 0.25) is 0 Å². The fourth-order valence-corrected chi connectivity index (χ4v) is 4.38. The molecule has 4 heteroatoms. The number of fused-ring (bicyclic) bond motifs is 1. The second kappa shape index (κ2) is 4.85. The molecule has 2 unspecified atom stereocenters. The van der Waals surface area contributed by atoms with E-state index in [1.165, 1.54) is 25.1 Å². The van der Waals surface area contributed by atoms with Crippen LogP contribution in [0.3, 0.4) is 0 Å². The number of nitrogens with two attached hydrogens (primary N) is 1. The Morgan fingerprint density at radius 3 is 2.85 bits per heavy atom. The molecule has 2 N–H and O–H groups in total. The molecule has 3 rings (SSSR count). The Bertz CT molecular complexity index is 479. The fraction of sp³-hybridized carbons (Fsp3) is 0.812. The molecular weight excluding hydrogens is 248 g/mol. The lowest BCUT2D eigenvalue weighted by Crippen LogP contribution is -2.62. The first-order chi connectivity index (χ1) is 9.47. The predicted molar refractivity (Wildman–Crippen MR) is 81.2 cm³/mol. The molecule has 1 saturated carbocycles. The molecule has 0 radical (unpaired) electrons. The summed E-state index contributed by atoms with van der Waals surface area (Å²) in [6, 6.07) is 0. The molecule has 0 saturated heterocycles. The number of imidazole rings is 1. The lowest BCUT2D eigenvalue weighted by Gasteiger charge is -2.54. The van der Waals surface area contributed by atoms with E-state index >= 15 is 0 Å². The van der Waals surface area contributed by atoms with Crippen LogP contribution in [0.15, 0.2) is 12.4 Å². The third-order valence-corrected chi connectivity index (χ3v) is 5.74. The van der Waals surface area contributed by atoms with E-state index in [9.17, 15) is 0 Å². The normalized spacial score (nSPS) is 33.9. The highest BCUT2D eigenvalue weighted by atomic mass is 15.3. The van der Waals surface area contributed by atoms with E-state index in [0.717, 1.165) is 26.2 Å². The van der Waals surface area contributed by atoms with Gasteiger partial charge in [-0.2, -0.15) is 0 Å². The zero-order chi connectivity index (χ0) is 14.4. The highest BCUT2D eigenvalue weighted by Crippen LogP contribution is 2.46. The summed E-state index contributed by atoms with van der Waals surface area (Å²) in [5.74, 6) is 1.85. The second-order valence-electron chi connectivity index (χ2n) is 7.54.